The molecule has 0 fully saturated rings. The predicted octanol–water partition coefficient (Wildman–Crippen LogP) is 3.85. The molecule has 0 radical (unpaired) electrons. The molecule has 3 aromatic rings. The van der Waals surface area contributed by atoms with Gasteiger partial charge in [-0.25, -0.2) is 4.79 Å². The van der Waals surface area contributed by atoms with Gasteiger partial charge in [0.1, 0.15) is 0 Å². The SMILES string of the molecule is CCCN(Cc1nnc(-c2cccs2)o1)C(=O)COC(=O)/C=C/c1ccsc1. The molecule has 0 spiro atoms. The van der Waals surface area contributed by atoms with E-state index >= 15 is 0 Å². The monoisotopic (exact) mass is 417 g/mol. The molecule has 0 saturated heterocycles. The predicted molar refractivity (Wildman–Crippen MR) is 108 cm³/mol. The first-order valence-corrected chi connectivity index (χ1v) is 10.5. The van der Waals surface area contributed by atoms with E-state index < -0.39 is 5.97 Å². The highest BCUT2D eigenvalue weighted by atomic mass is 32.1. The van der Waals surface area contributed by atoms with E-state index in [0.717, 1.165) is 16.9 Å². The summed E-state index contributed by atoms with van der Waals surface area (Å²) in [5.41, 5.74) is 0.916. The smallest absolute Gasteiger partial charge is 0.331 e. The molecule has 7 nitrogen and oxygen atoms in total. The molecule has 0 atom stereocenters. The Morgan fingerprint density at radius 2 is 2.18 bits per heavy atom. The van der Waals surface area contributed by atoms with Crippen LogP contribution in [0.5, 0.6) is 0 Å². The summed E-state index contributed by atoms with van der Waals surface area (Å²) in [6, 6.07) is 5.68. The number of carbonyl (C=O) groups is 2. The molecular weight excluding hydrogens is 398 g/mol. The lowest BCUT2D eigenvalue weighted by atomic mass is 10.3. The number of hydrogen-bond donors (Lipinski definition) is 0. The topological polar surface area (TPSA) is 85.5 Å². The molecule has 0 aliphatic carbocycles. The van der Waals surface area contributed by atoms with Crippen LogP contribution in [0.25, 0.3) is 16.8 Å². The first-order chi connectivity index (χ1) is 13.7. The highest BCUT2D eigenvalue weighted by molar-refractivity contribution is 7.13. The Kier molecular flexibility index (Phi) is 7.10. The number of carbonyl (C=O) groups excluding carboxylic acids is 2. The Hall–Kier alpha value is -2.78. The zero-order valence-corrected chi connectivity index (χ0v) is 16.9. The third-order valence-corrected chi connectivity index (χ3v) is 5.22. The molecule has 146 valence electrons. The second kappa shape index (κ2) is 9.95. The number of ether oxygens (including phenoxy) is 1. The molecule has 3 aromatic heterocycles. The van der Waals surface area contributed by atoms with Gasteiger partial charge >= 0.3 is 5.97 Å². The second-order valence-corrected chi connectivity index (χ2v) is 7.52. The van der Waals surface area contributed by atoms with Crippen molar-refractivity contribution in [2.75, 3.05) is 13.2 Å². The van der Waals surface area contributed by atoms with Crippen LogP contribution in [0.4, 0.5) is 0 Å². The molecule has 0 unspecified atom stereocenters. The molecule has 0 aromatic carbocycles. The van der Waals surface area contributed by atoms with Crippen molar-refractivity contribution in [3.05, 3.63) is 51.9 Å². The first-order valence-electron chi connectivity index (χ1n) is 8.66. The Labute approximate surface area is 170 Å². The molecule has 0 N–H and O–H groups in total. The molecule has 3 heterocycles. The number of amides is 1. The van der Waals surface area contributed by atoms with Gasteiger partial charge in [-0.3, -0.25) is 4.79 Å². The van der Waals surface area contributed by atoms with Gasteiger partial charge in [0.05, 0.1) is 11.4 Å². The number of esters is 1. The van der Waals surface area contributed by atoms with Gasteiger partial charge in [-0.2, -0.15) is 11.3 Å². The summed E-state index contributed by atoms with van der Waals surface area (Å²) in [5, 5.41) is 13.8. The third-order valence-electron chi connectivity index (χ3n) is 3.66. The first kappa shape index (κ1) is 20.0. The van der Waals surface area contributed by atoms with E-state index in [4.69, 9.17) is 9.15 Å². The van der Waals surface area contributed by atoms with E-state index in [1.165, 1.54) is 28.7 Å². The molecule has 0 bridgehead atoms. The second-order valence-electron chi connectivity index (χ2n) is 5.79. The third kappa shape index (κ3) is 5.61. The van der Waals surface area contributed by atoms with E-state index in [9.17, 15) is 9.59 Å². The fourth-order valence-corrected chi connectivity index (χ4v) is 3.62. The molecule has 3 rings (SSSR count). The molecule has 0 saturated carbocycles. The van der Waals surface area contributed by atoms with Crippen molar-refractivity contribution in [2.45, 2.75) is 19.9 Å². The quantitative estimate of drug-likeness (QED) is 0.388. The van der Waals surface area contributed by atoms with E-state index in [0.29, 0.717) is 18.3 Å². The lowest BCUT2D eigenvalue weighted by molar-refractivity contribution is -0.148. The fraction of sp³-hybridized carbons (Fsp3) is 0.263. The minimum atomic E-state index is -0.561. The largest absolute Gasteiger partial charge is 0.452 e. The Morgan fingerprint density at radius 3 is 2.89 bits per heavy atom. The Balaban J connectivity index is 1.54. The molecular formula is C19H19N3O4S2. The van der Waals surface area contributed by atoms with Crippen molar-refractivity contribution in [2.24, 2.45) is 0 Å². The van der Waals surface area contributed by atoms with Gasteiger partial charge < -0.3 is 14.1 Å². The molecule has 9 heteroatoms. The van der Waals surface area contributed by atoms with Gasteiger partial charge in [-0.1, -0.05) is 13.0 Å². The number of nitrogens with zero attached hydrogens (tertiary/aromatic N) is 3. The van der Waals surface area contributed by atoms with Gasteiger partial charge in [0, 0.05) is 12.6 Å². The van der Waals surface area contributed by atoms with E-state index in [1.807, 2.05) is 41.3 Å². The maximum Gasteiger partial charge on any atom is 0.331 e. The number of aromatic nitrogens is 2. The zero-order valence-electron chi connectivity index (χ0n) is 15.2. The highest BCUT2D eigenvalue weighted by Crippen LogP contribution is 2.23. The van der Waals surface area contributed by atoms with Crippen LogP contribution >= 0.6 is 22.7 Å². The van der Waals surface area contributed by atoms with Crippen molar-refractivity contribution in [3.63, 3.8) is 0 Å². The van der Waals surface area contributed by atoms with Crippen molar-refractivity contribution >= 4 is 40.6 Å². The van der Waals surface area contributed by atoms with Gasteiger partial charge in [0.25, 0.3) is 11.8 Å². The van der Waals surface area contributed by atoms with Crippen LogP contribution in [0.1, 0.15) is 24.8 Å². The van der Waals surface area contributed by atoms with Crippen molar-refractivity contribution in [3.8, 4) is 10.8 Å². The van der Waals surface area contributed by atoms with Gasteiger partial charge in [0.15, 0.2) is 6.61 Å². The molecule has 1 amide bonds. The van der Waals surface area contributed by atoms with E-state index in [1.54, 1.807) is 11.0 Å². The van der Waals surface area contributed by atoms with Gasteiger partial charge in [-0.15, -0.1) is 21.5 Å². The highest BCUT2D eigenvalue weighted by Gasteiger charge is 2.18. The Morgan fingerprint density at radius 1 is 1.29 bits per heavy atom. The normalized spacial score (nSPS) is 11.0. The van der Waals surface area contributed by atoms with Crippen LogP contribution < -0.4 is 0 Å². The van der Waals surface area contributed by atoms with Crippen molar-refractivity contribution < 1.29 is 18.7 Å². The fourth-order valence-electron chi connectivity index (χ4n) is 2.35. The summed E-state index contributed by atoms with van der Waals surface area (Å²) in [6.45, 7) is 2.30. The van der Waals surface area contributed by atoms with Crippen molar-refractivity contribution in [1.29, 1.82) is 0 Å². The molecule has 0 aliphatic rings. The maximum absolute atomic E-state index is 12.4. The average molecular weight is 418 g/mol. The lowest BCUT2D eigenvalue weighted by Gasteiger charge is -2.19. The summed E-state index contributed by atoms with van der Waals surface area (Å²) >= 11 is 3.04. The van der Waals surface area contributed by atoms with Crippen LogP contribution in [0.2, 0.25) is 0 Å². The van der Waals surface area contributed by atoms with E-state index in [-0.39, 0.29) is 19.1 Å². The summed E-state index contributed by atoms with van der Waals surface area (Å²) in [6.07, 6.45) is 3.71. The van der Waals surface area contributed by atoms with Gasteiger partial charge in [-0.05, 0) is 46.3 Å². The van der Waals surface area contributed by atoms with Crippen LogP contribution in [0, 0.1) is 0 Å². The maximum atomic E-state index is 12.4. The molecule has 28 heavy (non-hydrogen) atoms. The zero-order chi connectivity index (χ0) is 19.8. The summed E-state index contributed by atoms with van der Waals surface area (Å²) in [7, 11) is 0. The summed E-state index contributed by atoms with van der Waals surface area (Å²) < 4.78 is 10.7. The summed E-state index contributed by atoms with van der Waals surface area (Å²) in [5.74, 6) is -0.100. The number of hydrogen-bond acceptors (Lipinski definition) is 8. The van der Waals surface area contributed by atoms with Gasteiger partial charge in [0.2, 0.25) is 5.89 Å². The lowest BCUT2D eigenvalue weighted by Crippen LogP contribution is -2.34. The average Bonchev–Trinajstić information content (AvgIpc) is 3.46. The van der Waals surface area contributed by atoms with E-state index in [2.05, 4.69) is 10.2 Å². The number of thiophene rings is 2. The van der Waals surface area contributed by atoms with Crippen LogP contribution in [0.15, 0.2) is 44.8 Å². The number of rotatable bonds is 9. The van der Waals surface area contributed by atoms with Crippen LogP contribution in [-0.2, 0) is 20.9 Å². The van der Waals surface area contributed by atoms with Crippen LogP contribution in [0.3, 0.4) is 0 Å². The minimum absolute atomic E-state index is 0.174. The van der Waals surface area contributed by atoms with Crippen LogP contribution in [-0.4, -0.2) is 40.1 Å². The summed E-state index contributed by atoms with van der Waals surface area (Å²) in [4.78, 5) is 26.7. The standard InChI is InChI=1S/C19H19N3O4S2/c1-2-8-22(11-16-20-21-19(26-16)15-4-3-9-28-15)17(23)12-25-18(24)6-5-14-7-10-27-13-14/h3-7,9-10,13H,2,8,11-12H2,1H3/b6-5+. The Bertz CT molecular complexity index is 917. The van der Waals surface area contributed by atoms with Crippen molar-refractivity contribution in [1.82, 2.24) is 15.1 Å². The molecule has 0 aliphatic heterocycles. The minimum Gasteiger partial charge on any atom is -0.452 e.